The third-order valence-corrected chi connectivity index (χ3v) is 4.69. The summed E-state index contributed by atoms with van der Waals surface area (Å²) in [4.78, 5) is 0. The Balaban J connectivity index is 1.84. The fourth-order valence-corrected chi connectivity index (χ4v) is 3.55. The zero-order valence-corrected chi connectivity index (χ0v) is 10.7. The number of rotatable bonds is 1. The minimum absolute atomic E-state index is 0.206. The van der Waals surface area contributed by atoms with Gasteiger partial charge >= 0.3 is 0 Å². The summed E-state index contributed by atoms with van der Waals surface area (Å²) in [7, 11) is 0. The summed E-state index contributed by atoms with van der Waals surface area (Å²) in [5, 5.41) is 10.0. The van der Waals surface area contributed by atoms with Crippen LogP contribution in [0.2, 0.25) is 0 Å². The lowest BCUT2D eigenvalue weighted by atomic mass is 9.86. The maximum atomic E-state index is 10.0. The molecule has 0 bridgehead atoms. The SMILES string of the molecule is CC1CCC(n2ccc3c2CCCC3O)CC1. The van der Waals surface area contributed by atoms with Crippen molar-refractivity contribution in [3.8, 4) is 0 Å². The lowest BCUT2D eigenvalue weighted by Crippen LogP contribution is -2.20. The number of nitrogens with zero attached hydrogens (tertiary/aromatic N) is 1. The van der Waals surface area contributed by atoms with E-state index in [-0.39, 0.29) is 6.10 Å². The molecule has 3 rings (SSSR count). The first-order valence-corrected chi connectivity index (χ1v) is 7.13. The van der Waals surface area contributed by atoms with Crippen molar-refractivity contribution in [2.75, 3.05) is 0 Å². The molecule has 2 nitrogen and oxygen atoms in total. The molecule has 1 N–H and O–H groups in total. The highest BCUT2D eigenvalue weighted by molar-refractivity contribution is 5.28. The van der Waals surface area contributed by atoms with E-state index in [1.807, 2.05) is 0 Å². The third kappa shape index (κ3) is 2.03. The third-order valence-electron chi connectivity index (χ3n) is 4.69. The summed E-state index contributed by atoms with van der Waals surface area (Å²) in [6, 6.07) is 2.84. The van der Waals surface area contributed by atoms with E-state index in [4.69, 9.17) is 0 Å². The second kappa shape index (κ2) is 4.49. The van der Waals surface area contributed by atoms with Gasteiger partial charge in [-0.05, 0) is 56.9 Å². The van der Waals surface area contributed by atoms with E-state index in [9.17, 15) is 5.11 Å². The predicted molar refractivity (Wildman–Crippen MR) is 69.0 cm³/mol. The van der Waals surface area contributed by atoms with Crippen LogP contribution in [0.15, 0.2) is 12.3 Å². The van der Waals surface area contributed by atoms with Crippen LogP contribution >= 0.6 is 0 Å². The first-order chi connectivity index (χ1) is 8.25. The lowest BCUT2D eigenvalue weighted by Gasteiger charge is -2.30. The minimum Gasteiger partial charge on any atom is -0.388 e. The van der Waals surface area contributed by atoms with Crippen molar-refractivity contribution in [1.29, 1.82) is 0 Å². The summed E-state index contributed by atoms with van der Waals surface area (Å²) in [6.07, 6.45) is 10.6. The van der Waals surface area contributed by atoms with Crippen molar-refractivity contribution in [3.63, 3.8) is 0 Å². The molecule has 1 aromatic rings. The molecule has 0 aromatic carbocycles. The van der Waals surface area contributed by atoms with E-state index < -0.39 is 0 Å². The quantitative estimate of drug-likeness (QED) is 0.787. The largest absolute Gasteiger partial charge is 0.388 e. The van der Waals surface area contributed by atoms with Crippen molar-refractivity contribution < 1.29 is 5.11 Å². The van der Waals surface area contributed by atoms with Gasteiger partial charge in [-0.25, -0.2) is 0 Å². The van der Waals surface area contributed by atoms with E-state index in [0.29, 0.717) is 6.04 Å². The van der Waals surface area contributed by atoms with E-state index in [1.54, 1.807) is 0 Å². The molecule has 0 aliphatic heterocycles. The van der Waals surface area contributed by atoms with Crippen LogP contribution in [0.1, 0.15) is 68.9 Å². The van der Waals surface area contributed by atoms with Crippen molar-refractivity contribution in [2.45, 2.75) is 64.0 Å². The van der Waals surface area contributed by atoms with Crippen LogP contribution < -0.4 is 0 Å². The Morgan fingerprint density at radius 3 is 2.71 bits per heavy atom. The molecule has 17 heavy (non-hydrogen) atoms. The Kier molecular flexibility index (Phi) is 2.99. The van der Waals surface area contributed by atoms with Crippen molar-refractivity contribution in [3.05, 3.63) is 23.5 Å². The Bertz CT molecular complexity index is 388. The van der Waals surface area contributed by atoms with Crippen LogP contribution in [-0.2, 0) is 6.42 Å². The molecule has 1 atom stereocenters. The van der Waals surface area contributed by atoms with Gasteiger partial charge in [0.15, 0.2) is 0 Å². The van der Waals surface area contributed by atoms with Crippen molar-refractivity contribution >= 4 is 0 Å². The highest BCUT2D eigenvalue weighted by atomic mass is 16.3. The maximum Gasteiger partial charge on any atom is 0.0807 e. The molecule has 2 aliphatic rings. The molecule has 1 aromatic heterocycles. The Morgan fingerprint density at radius 1 is 1.18 bits per heavy atom. The van der Waals surface area contributed by atoms with E-state index in [2.05, 4.69) is 23.8 Å². The number of aliphatic hydroxyl groups excluding tert-OH is 1. The molecule has 2 aliphatic carbocycles. The second-order valence-corrected chi connectivity index (χ2v) is 5.95. The molecule has 94 valence electrons. The molecule has 1 unspecified atom stereocenters. The van der Waals surface area contributed by atoms with E-state index in [1.165, 1.54) is 36.9 Å². The molecule has 1 saturated carbocycles. The lowest BCUT2D eigenvalue weighted by molar-refractivity contribution is 0.154. The number of hydrogen-bond donors (Lipinski definition) is 1. The van der Waals surface area contributed by atoms with Gasteiger partial charge in [0.1, 0.15) is 0 Å². The minimum atomic E-state index is -0.206. The molecule has 1 heterocycles. The number of fused-ring (bicyclic) bond motifs is 1. The molecular formula is C15H23NO. The summed E-state index contributed by atoms with van der Waals surface area (Å²) < 4.78 is 2.48. The average molecular weight is 233 g/mol. The van der Waals surface area contributed by atoms with Crippen molar-refractivity contribution in [1.82, 2.24) is 4.57 Å². The van der Waals surface area contributed by atoms with Gasteiger partial charge in [0, 0.05) is 23.5 Å². The van der Waals surface area contributed by atoms with Crippen LogP contribution in [0.4, 0.5) is 0 Å². The molecule has 0 saturated heterocycles. The van der Waals surface area contributed by atoms with Gasteiger partial charge in [-0.2, -0.15) is 0 Å². The van der Waals surface area contributed by atoms with E-state index >= 15 is 0 Å². The summed E-state index contributed by atoms with van der Waals surface area (Å²) in [6.45, 7) is 2.37. The monoisotopic (exact) mass is 233 g/mol. The predicted octanol–water partition coefficient (Wildman–Crippen LogP) is 3.61. The maximum absolute atomic E-state index is 10.0. The molecule has 0 spiro atoms. The number of hydrogen-bond acceptors (Lipinski definition) is 1. The Labute approximate surface area is 104 Å². The van der Waals surface area contributed by atoms with Gasteiger partial charge in [-0.3, -0.25) is 0 Å². The number of aliphatic hydroxyl groups is 1. The van der Waals surface area contributed by atoms with Gasteiger partial charge < -0.3 is 9.67 Å². The fourth-order valence-electron chi connectivity index (χ4n) is 3.55. The van der Waals surface area contributed by atoms with Crippen LogP contribution in [0.3, 0.4) is 0 Å². The van der Waals surface area contributed by atoms with Gasteiger partial charge in [0.25, 0.3) is 0 Å². The highest BCUT2D eigenvalue weighted by Gasteiger charge is 2.26. The summed E-state index contributed by atoms with van der Waals surface area (Å²) in [5.74, 6) is 0.906. The molecular weight excluding hydrogens is 210 g/mol. The molecule has 0 radical (unpaired) electrons. The second-order valence-electron chi connectivity index (χ2n) is 5.95. The van der Waals surface area contributed by atoms with Gasteiger partial charge in [0.05, 0.1) is 6.10 Å². The fraction of sp³-hybridized carbons (Fsp3) is 0.733. The smallest absolute Gasteiger partial charge is 0.0807 e. The van der Waals surface area contributed by atoms with Crippen LogP contribution in [0.25, 0.3) is 0 Å². The highest BCUT2D eigenvalue weighted by Crippen LogP contribution is 2.37. The van der Waals surface area contributed by atoms with Crippen molar-refractivity contribution in [2.24, 2.45) is 5.92 Å². The Morgan fingerprint density at radius 2 is 1.94 bits per heavy atom. The summed E-state index contributed by atoms with van der Waals surface area (Å²) >= 11 is 0. The molecule has 2 heteroatoms. The zero-order chi connectivity index (χ0) is 11.8. The molecule has 0 amide bonds. The first kappa shape index (κ1) is 11.3. The number of aromatic nitrogens is 1. The average Bonchev–Trinajstić information content (AvgIpc) is 2.75. The Hall–Kier alpha value is -0.760. The van der Waals surface area contributed by atoms with Gasteiger partial charge in [-0.1, -0.05) is 6.92 Å². The summed E-state index contributed by atoms with van der Waals surface area (Å²) in [5.41, 5.74) is 2.62. The standard InChI is InChI=1S/C15H23NO/c1-11-5-7-12(8-6-11)16-10-9-13-14(16)3-2-4-15(13)17/h9-12,15,17H,2-8H2,1H3. The zero-order valence-electron chi connectivity index (χ0n) is 10.7. The van der Waals surface area contributed by atoms with Crippen LogP contribution in [0, 0.1) is 5.92 Å². The van der Waals surface area contributed by atoms with Crippen LogP contribution in [0.5, 0.6) is 0 Å². The normalized spacial score (nSPS) is 33.4. The van der Waals surface area contributed by atoms with Gasteiger partial charge in [0.2, 0.25) is 0 Å². The topological polar surface area (TPSA) is 25.2 Å². The van der Waals surface area contributed by atoms with E-state index in [0.717, 1.165) is 25.2 Å². The van der Waals surface area contributed by atoms with Crippen LogP contribution in [-0.4, -0.2) is 9.67 Å². The first-order valence-electron chi connectivity index (χ1n) is 7.13. The van der Waals surface area contributed by atoms with Gasteiger partial charge in [-0.15, -0.1) is 0 Å². The molecule has 1 fully saturated rings.